The summed E-state index contributed by atoms with van der Waals surface area (Å²) in [5.41, 5.74) is 1.80. The molecule has 1 aliphatic rings. The third kappa shape index (κ3) is 3.13. The first-order valence-electron chi connectivity index (χ1n) is 7.82. The van der Waals surface area contributed by atoms with E-state index in [0.717, 1.165) is 17.9 Å². The molecule has 0 saturated heterocycles. The summed E-state index contributed by atoms with van der Waals surface area (Å²) in [6.45, 7) is 3.75. The molecule has 1 aromatic carbocycles. The van der Waals surface area contributed by atoms with Crippen LogP contribution in [0.5, 0.6) is 0 Å². The maximum absolute atomic E-state index is 12.8. The largest absolute Gasteiger partial charge is 0.373 e. The summed E-state index contributed by atoms with van der Waals surface area (Å²) in [6.07, 6.45) is 1.65. The highest BCUT2D eigenvalue weighted by molar-refractivity contribution is 5.97. The average molecular weight is 311 g/mol. The summed E-state index contributed by atoms with van der Waals surface area (Å²) >= 11 is 0. The van der Waals surface area contributed by atoms with Crippen molar-refractivity contribution in [2.24, 2.45) is 5.92 Å². The molecule has 5 nitrogen and oxygen atoms in total. The van der Waals surface area contributed by atoms with Gasteiger partial charge in [-0.05, 0) is 24.1 Å². The number of benzene rings is 1. The van der Waals surface area contributed by atoms with Crippen LogP contribution < -0.4 is 15.4 Å². The van der Waals surface area contributed by atoms with E-state index in [0.29, 0.717) is 12.5 Å². The minimum Gasteiger partial charge on any atom is -0.373 e. The molecule has 1 atom stereocenters. The molecule has 0 aliphatic carbocycles. The number of nitrogens with zero attached hydrogens (tertiary/aromatic N) is 3. The topological polar surface area (TPSA) is 45.5 Å². The van der Waals surface area contributed by atoms with Gasteiger partial charge in [-0.25, -0.2) is 0 Å². The SMILES string of the molecule is CC1CN(C)c2ccccc2N(C(=O)Cn2ccccc2=O)C1. The van der Waals surface area contributed by atoms with E-state index in [2.05, 4.69) is 11.8 Å². The summed E-state index contributed by atoms with van der Waals surface area (Å²) in [6, 6.07) is 12.8. The normalized spacial score (nSPS) is 17.6. The minimum atomic E-state index is -0.158. The zero-order valence-electron chi connectivity index (χ0n) is 13.5. The summed E-state index contributed by atoms with van der Waals surface area (Å²) in [7, 11) is 2.05. The van der Waals surface area contributed by atoms with E-state index in [1.54, 1.807) is 18.3 Å². The zero-order chi connectivity index (χ0) is 16.4. The summed E-state index contributed by atoms with van der Waals surface area (Å²) in [4.78, 5) is 28.7. The van der Waals surface area contributed by atoms with Gasteiger partial charge in [0, 0.05) is 32.4 Å². The number of pyridine rings is 1. The molecule has 0 spiro atoms. The van der Waals surface area contributed by atoms with Gasteiger partial charge in [0.2, 0.25) is 5.91 Å². The molecule has 2 aromatic rings. The van der Waals surface area contributed by atoms with Crippen LogP contribution in [0.25, 0.3) is 0 Å². The Morgan fingerprint density at radius 2 is 1.78 bits per heavy atom. The van der Waals surface area contributed by atoms with Crippen molar-refractivity contribution in [2.75, 3.05) is 29.9 Å². The lowest BCUT2D eigenvalue weighted by molar-refractivity contribution is -0.119. The second-order valence-corrected chi connectivity index (χ2v) is 6.15. The monoisotopic (exact) mass is 311 g/mol. The van der Waals surface area contributed by atoms with E-state index < -0.39 is 0 Å². The van der Waals surface area contributed by atoms with Crippen molar-refractivity contribution in [3.63, 3.8) is 0 Å². The Hall–Kier alpha value is -2.56. The molecule has 5 heteroatoms. The molecule has 0 bridgehead atoms. The van der Waals surface area contributed by atoms with Gasteiger partial charge in [-0.3, -0.25) is 9.59 Å². The van der Waals surface area contributed by atoms with Crippen molar-refractivity contribution in [3.05, 3.63) is 59.0 Å². The van der Waals surface area contributed by atoms with E-state index in [1.807, 2.05) is 36.2 Å². The molecule has 1 unspecified atom stereocenters. The van der Waals surface area contributed by atoms with Crippen LogP contribution >= 0.6 is 0 Å². The van der Waals surface area contributed by atoms with Gasteiger partial charge in [-0.1, -0.05) is 25.1 Å². The van der Waals surface area contributed by atoms with Gasteiger partial charge < -0.3 is 14.4 Å². The van der Waals surface area contributed by atoms with Gasteiger partial charge in [0.05, 0.1) is 11.4 Å². The minimum absolute atomic E-state index is 0.0600. The molecule has 1 amide bonds. The highest BCUT2D eigenvalue weighted by Gasteiger charge is 2.26. The van der Waals surface area contributed by atoms with Crippen molar-refractivity contribution in [1.29, 1.82) is 0 Å². The maximum atomic E-state index is 12.8. The van der Waals surface area contributed by atoms with E-state index in [4.69, 9.17) is 0 Å². The first-order chi connectivity index (χ1) is 11.1. The third-order valence-corrected chi connectivity index (χ3v) is 4.17. The number of para-hydroxylation sites is 2. The highest BCUT2D eigenvalue weighted by Crippen LogP contribution is 2.32. The molecule has 0 saturated carbocycles. The highest BCUT2D eigenvalue weighted by atomic mass is 16.2. The van der Waals surface area contributed by atoms with Crippen molar-refractivity contribution >= 4 is 17.3 Å². The molecule has 2 heterocycles. The Morgan fingerprint density at radius 3 is 2.52 bits per heavy atom. The molecule has 120 valence electrons. The number of hydrogen-bond donors (Lipinski definition) is 0. The molecule has 23 heavy (non-hydrogen) atoms. The fourth-order valence-electron chi connectivity index (χ4n) is 3.11. The number of anilines is 2. The lowest BCUT2D eigenvalue weighted by Gasteiger charge is -2.24. The number of fused-ring (bicyclic) bond motifs is 1. The van der Waals surface area contributed by atoms with Crippen molar-refractivity contribution in [2.45, 2.75) is 13.5 Å². The summed E-state index contributed by atoms with van der Waals surface area (Å²) < 4.78 is 1.45. The van der Waals surface area contributed by atoms with E-state index >= 15 is 0 Å². The summed E-state index contributed by atoms with van der Waals surface area (Å²) in [5.74, 6) is 0.289. The quantitative estimate of drug-likeness (QED) is 0.852. The summed E-state index contributed by atoms with van der Waals surface area (Å²) in [5, 5.41) is 0. The van der Waals surface area contributed by atoms with Crippen LogP contribution in [0.1, 0.15) is 6.92 Å². The van der Waals surface area contributed by atoms with E-state index in [1.165, 1.54) is 10.6 Å². The number of hydrogen-bond acceptors (Lipinski definition) is 3. The standard InChI is InChI=1S/C18H21N3O2/c1-14-11-19(2)15-7-3-4-8-16(15)21(12-14)18(23)13-20-10-6-5-9-17(20)22/h3-10,14H,11-13H2,1-2H3. The average Bonchev–Trinajstić information content (AvgIpc) is 2.66. The van der Waals surface area contributed by atoms with Crippen LogP contribution in [-0.4, -0.2) is 30.6 Å². The fraction of sp³-hybridized carbons (Fsp3) is 0.333. The molecule has 0 N–H and O–H groups in total. The van der Waals surface area contributed by atoms with Crippen LogP contribution in [0.4, 0.5) is 11.4 Å². The van der Waals surface area contributed by atoms with Crippen LogP contribution in [0, 0.1) is 5.92 Å². The maximum Gasteiger partial charge on any atom is 0.250 e. The van der Waals surface area contributed by atoms with Gasteiger partial charge >= 0.3 is 0 Å². The first-order valence-corrected chi connectivity index (χ1v) is 7.82. The van der Waals surface area contributed by atoms with Crippen molar-refractivity contribution in [1.82, 2.24) is 4.57 Å². The molecular formula is C18H21N3O2. The fourth-order valence-corrected chi connectivity index (χ4v) is 3.11. The lowest BCUT2D eigenvalue weighted by Crippen LogP contribution is -2.38. The van der Waals surface area contributed by atoms with Gasteiger partial charge in [0.25, 0.3) is 5.56 Å². The Kier molecular flexibility index (Phi) is 4.19. The van der Waals surface area contributed by atoms with Gasteiger partial charge in [-0.2, -0.15) is 0 Å². The van der Waals surface area contributed by atoms with Crippen LogP contribution in [0.15, 0.2) is 53.5 Å². The Morgan fingerprint density at radius 1 is 1.09 bits per heavy atom. The van der Waals surface area contributed by atoms with Gasteiger partial charge in [0.1, 0.15) is 6.54 Å². The Balaban J connectivity index is 1.94. The lowest BCUT2D eigenvalue weighted by atomic mass is 10.1. The number of carbonyl (C=O) groups is 1. The number of amides is 1. The number of carbonyl (C=O) groups excluding carboxylic acids is 1. The van der Waals surface area contributed by atoms with E-state index in [9.17, 15) is 9.59 Å². The van der Waals surface area contributed by atoms with Crippen LogP contribution in [-0.2, 0) is 11.3 Å². The smallest absolute Gasteiger partial charge is 0.250 e. The molecule has 3 rings (SSSR count). The Labute approximate surface area is 135 Å². The third-order valence-electron chi connectivity index (χ3n) is 4.17. The predicted octanol–water partition coefficient (Wildman–Crippen LogP) is 1.97. The molecule has 0 radical (unpaired) electrons. The van der Waals surface area contributed by atoms with Crippen molar-refractivity contribution in [3.8, 4) is 0 Å². The van der Waals surface area contributed by atoms with Crippen LogP contribution in [0.2, 0.25) is 0 Å². The van der Waals surface area contributed by atoms with Crippen LogP contribution in [0.3, 0.4) is 0 Å². The molecule has 1 aliphatic heterocycles. The first kappa shape index (κ1) is 15.3. The molecule has 0 fully saturated rings. The number of rotatable bonds is 2. The van der Waals surface area contributed by atoms with E-state index in [-0.39, 0.29) is 18.0 Å². The van der Waals surface area contributed by atoms with Gasteiger partial charge in [0.15, 0.2) is 0 Å². The Bertz CT molecular complexity index is 769. The second kappa shape index (κ2) is 6.28. The zero-order valence-corrected chi connectivity index (χ0v) is 13.5. The molecule has 1 aromatic heterocycles. The predicted molar refractivity (Wildman–Crippen MR) is 91.9 cm³/mol. The van der Waals surface area contributed by atoms with Crippen molar-refractivity contribution < 1.29 is 4.79 Å². The molecular weight excluding hydrogens is 290 g/mol. The number of aromatic nitrogens is 1. The second-order valence-electron chi connectivity index (χ2n) is 6.15. The van der Waals surface area contributed by atoms with Gasteiger partial charge in [-0.15, -0.1) is 0 Å².